The van der Waals surface area contributed by atoms with Crippen LogP contribution < -0.4 is 0 Å². The molecule has 0 N–H and O–H groups in total. The predicted molar refractivity (Wildman–Crippen MR) is 43.8 cm³/mol. The van der Waals surface area contributed by atoms with Crippen molar-refractivity contribution in [2.75, 3.05) is 26.3 Å². The summed E-state index contributed by atoms with van der Waals surface area (Å²) in [6.45, 7) is 3.76. The van der Waals surface area contributed by atoms with Gasteiger partial charge in [-0.15, -0.1) is 0 Å². The summed E-state index contributed by atoms with van der Waals surface area (Å²) in [6, 6.07) is 0.858. The Balaban J connectivity index is 1.68. The average Bonchev–Trinajstić information content (AvgIpc) is 2.72. The molecule has 2 aliphatic heterocycles. The molecule has 0 unspecified atom stereocenters. The molecule has 1 aliphatic carbocycles. The maximum Gasteiger partial charge on any atom is 0.182 e. The first-order chi connectivity index (χ1) is 5.88. The third-order valence-electron chi connectivity index (χ3n) is 3.10. The average molecular weight is 169 g/mol. The smallest absolute Gasteiger partial charge is 0.182 e. The van der Waals surface area contributed by atoms with Crippen LogP contribution in [0.15, 0.2) is 0 Å². The van der Waals surface area contributed by atoms with Gasteiger partial charge in [0.1, 0.15) is 0 Å². The van der Waals surface area contributed by atoms with Gasteiger partial charge < -0.3 is 9.47 Å². The fraction of sp³-hybridized carbons (Fsp3) is 1.00. The van der Waals surface area contributed by atoms with Crippen molar-refractivity contribution in [1.29, 1.82) is 0 Å². The molecule has 0 radical (unpaired) electrons. The standard InChI is InChI=1S/C9H15NO2/c1-2-8(1)10-4-3-9(7-10)11-5-6-12-9/h8H,1-7H2. The second-order valence-corrected chi connectivity index (χ2v) is 4.06. The SMILES string of the molecule is C1COC2(CCN(C3CC3)C2)O1. The molecule has 0 amide bonds. The quantitative estimate of drug-likeness (QED) is 0.573. The van der Waals surface area contributed by atoms with Crippen LogP contribution in [-0.4, -0.2) is 43.0 Å². The number of likely N-dealkylation sites (tertiary alicyclic amines) is 1. The Hall–Kier alpha value is -0.120. The van der Waals surface area contributed by atoms with Crippen LogP contribution in [0.2, 0.25) is 0 Å². The summed E-state index contributed by atoms with van der Waals surface area (Å²) in [5.74, 6) is -0.192. The normalized spacial score (nSPS) is 35.0. The lowest BCUT2D eigenvalue weighted by Gasteiger charge is -2.22. The Morgan fingerprint density at radius 2 is 1.92 bits per heavy atom. The Bertz CT molecular complexity index is 185. The topological polar surface area (TPSA) is 21.7 Å². The molecule has 0 aromatic carbocycles. The van der Waals surface area contributed by atoms with Crippen LogP contribution in [0.3, 0.4) is 0 Å². The van der Waals surface area contributed by atoms with Gasteiger partial charge in [0.25, 0.3) is 0 Å². The molecule has 3 heteroatoms. The second-order valence-electron chi connectivity index (χ2n) is 4.06. The summed E-state index contributed by atoms with van der Waals surface area (Å²) < 4.78 is 11.3. The number of nitrogens with zero attached hydrogens (tertiary/aromatic N) is 1. The van der Waals surface area contributed by atoms with E-state index in [1.54, 1.807) is 0 Å². The van der Waals surface area contributed by atoms with E-state index in [1.165, 1.54) is 19.4 Å². The van der Waals surface area contributed by atoms with E-state index in [0.717, 1.165) is 32.2 Å². The molecule has 1 spiro atoms. The number of hydrogen-bond donors (Lipinski definition) is 0. The monoisotopic (exact) mass is 169 g/mol. The zero-order valence-corrected chi connectivity index (χ0v) is 7.29. The van der Waals surface area contributed by atoms with E-state index >= 15 is 0 Å². The van der Waals surface area contributed by atoms with E-state index in [1.807, 2.05) is 0 Å². The maximum atomic E-state index is 5.65. The van der Waals surface area contributed by atoms with Crippen molar-refractivity contribution in [3.05, 3.63) is 0 Å². The molecule has 3 rings (SSSR count). The molecular formula is C9H15NO2. The summed E-state index contributed by atoms with van der Waals surface area (Å²) in [6.07, 6.45) is 3.84. The van der Waals surface area contributed by atoms with Crippen molar-refractivity contribution in [3.8, 4) is 0 Å². The van der Waals surface area contributed by atoms with E-state index < -0.39 is 0 Å². The molecule has 0 aromatic heterocycles. The largest absolute Gasteiger partial charge is 0.346 e. The Morgan fingerprint density at radius 3 is 2.58 bits per heavy atom. The van der Waals surface area contributed by atoms with Crippen molar-refractivity contribution >= 4 is 0 Å². The van der Waals surface area contributed by atoms with Gasteiger partial charge >= 0.3 is 0 Å². The summed E-state index contributed by atoms with van der Waals surface area (Å²) in [7, 11) is 0. The minimum atomic E-state index is -0.192. The number of ether oxygens (including phenoxy) is 2. The number of rotatable bonds is 1. The van der Waals surface area contributed by atoms with Crippen molar-refractivity contribution in [3.63, 3.8) is 0 Å². The molecule has 12 heavy (non-hydrogen) atoms. The van der Waals surface area contributed by atoms with Crippen LogP contribution in [0.4, 0.5) is 0 Å². The highest BCUT2D eigenvalue weighted by molar-refractivity contribution is 4.94. The van der Waals surface area contributed by atoms with Gasteiger partial charge in [0.2, 0.25) is 0 Å². The van der Waals surface area contributed by atoms with Crippen LogP contribution in [0.1, 0.15) is 19.3 Å². The van der Waals surface area contributed by atoms with Gasteiger partial charge in [0.15, 0.2) is 5.79 Å². The first-order valence-corrected chi connectivity index (χ1v) is 4.90. The molecule has 0 atom stereocenters. The highest BCUT2D eigenvalue weighted by atomic mass is 16.7. The predicted octanol–water partition coefficient (Wildman–Crippen LogP) is 0.598. The molecule has 3 fully saturated rings. The van der Waals surface area contributed by atoms with Gasteiger partial charge in [-0.3, -0.25) is 4.90 Å². The molecule has 3 aliphatic rings. The maximum absolute atomic E-state index is 5.65. The van der Waals surface area contributed by atoms with E-state index in [-0.39, 0.29) is 5.79 Å². The molecule has 3 nitrogen and oxygen atoms in total. The third-order valence-corrected chi connectivity index (χ3v) is 3.10. The summed E-state index contributed by atoms with van der Waals surface area (Å²) >= 11 is 0. The van der Waals surface area contributed by atoms with Crippen molar-refractivity contribution in [1.82, 2.24) is 4.90 Å². The van der Waals surface area contributed by atoms with Crippen molar-refractivity contribution < 1.29 is 9.47 Å². The number of hydrogen-bond acceptors (Lipinski definition) is 3. The van der Waals surface area contributed by atoms with E-state index in [9.17, 15) is 0 Å². The highest BCUT2D eigenvalue weighted by Gasteiger charge is 2.46. The fourth-order valence-corrected chi connectivity index (χ4v) is 2.27. The molecular weight excluding hydrogens is 154 g/mol. The molecule has 0 aromatic rings. The van der Waals surface area contributed by atoms with Gasteiger partial charge in [0.05, 0.1) is 19.8 Å². The van der Waals surface area contributed by atoms with E-state index in [4.69, 9.17) is 9.47 Å². The zero-order valence-electron chi connectivity index (χ0n) is 7.29. The third kappa shape index (κ3) is 1.08. The minimum Gasteiger partial charge on any atom is -0.346 e. The minimum absolute atomic E-state index is 0.192. The summed E-state index contributed by atoms with van der Waals surface area (Å²) in [5, 5.41) is 0. The van der Waals surface area contributed by atoms with Crippen molar-refractivity contribution in [2.45, 2.75) is 31.1 Å². The van der Waals surface area contributed by atoms with Crippen LogP contribution in [0.25, 0.3) is 0 Å². The van der Waals surface area contributed by atoms with Gasteiger partial charge in [-0.25, -0.2) is 0 Å². The van der Waals surface area contributed by atoms with E-state index in [0.29, 0.717) is 0 Å². The van der Waals surface area contributed by atoms with Crippen LogP contribution >= 0.6 is 0 Å². The molecule has 2 saturated heterocycles. The molecule has 2 heterocycles. The Labute approximate surface area is 72.6 Å². The summed E-state index contributed by atoms with van der Waals surface area (Å²) in [4.78, 5) is 2.52. The first-order valence-electron chi connectivity index (χ1n) is 4.90. The summed E-state index contributed by atoms with van der Waals surface area (Å²) in [5.41, 5.74) is 0. The lowest BCUT2D eigenvalue weighted by Crippen LogP contribution is -2.35. The van der Waals surface area contributed by atoms with Gasteiger partial charge in [-0.05, 0) is 12.8 Å². The van der Waals surface area contributed by atoms with Gasteiger partial charge in [-0.2, -0.15) is 0 Å². The molecule has 1 saturated carbocycles. The lowest BCUT2D eigenvalue weighted by atomic mass is 10.2. The van der Waals surface area contributed by atoms with Crippen molar-refractivity contribution in [2.24, 2.45) is 0 Å². The van der Waals surface area contributed by atoms with Crippen LogP contribution in [0, 0.1) is 0 Å². The van der Waals surface area contributed by atoms with E-state index in [2.05, 4.69) is 4.90 Å². The second kappa shape index (κ2) is 2.44. The highest BCUT2D eigenvalue weighted by Crippen LogP contribution is 2.37. The van der Waals surface area contributed by atoms with Gasteiger partial charge in [-0.1, -0.05) is 0 Å². The molecule has 0 bridgehead atoms. The fourth-order valence-electron chi connectivity index (χ4n) is 2.27. The Kier molecular flexibility index (Phi) is 1.48. The molecule has 68 valence electrons. The lowest BCUT2D eigenvalue weighted by molar-refractivity contribution is -0.145. The first kappa shape index (κ1) is 7.30. The Morgan fingerprint density at radius 1 is 1.17 bits per heavy atom. The van der Waals surface area contributed by atoms with Gasteiger partial charge in [0, 0.05) is 19.0 Å². The van der Waals surface area contributed by atoms with Crippen LogP contribution in [0.5, 0.6) is 0 Å². The zero-order chi connectivity index (χ0) is 8.02. The van der Waals surface area contributed by atoms with Crippen LogP contribution in [-0.2, 0) is 9.47 Å².